The van der Waals surface area contributed by atoms with Gasteiger partial charge in [0.1, 0.15) is 0 Å². The third-order valence-electron chi connectivity index (χ3n) is 2.68. The van der Waals surface area contributed by atoms with Crippen molar-refractivity contribution in [2.24, 2.45) is 5.92 Å². The minimum atomic E-state index is -0.980. The van der Waals surface area contributed by atoms with Crippen LogP contribution in [0.2, 0.25) is 5.02 Å². The van der Waals surface area contributed by atoms with Crippen molar-refractivity contribution in [3.8, 4) is 0 Å². The van der Waals surface area contributed by atoms with Crippen LogP contribution in [0.25, 0.3) is 0 Å². The summed E-state index contributed by atoms with van der Waals surface area (Å²) in [6, 6.07) is 4.42. The Kier molecular flexibility index (Phi) is 6.17. The maximum Gasteiger partial charge on any atom is 0.325 e. The molecule has 0 aromatic heterocycles. The van der Waals surface area contributed by atoms with Crippen LogP contribution in [0.15, 0.2) is 18.2 Å². The highest BCUT2D eigenvalue weighted by Crippen LogP contribution is 2.22. The fraction of sp³-hybridized carbons (Fsp3) is 0.357. The zero-order valence-corrected chi connectivity index (χ0v) is 12.5. The second-order valence-corrected chi connectivity index (χ2v) is 5.30. The zero-order chi connectivity index (χ0) is 16.0. The molecule has 1 unspecified atom stereocenters. The number of hydrogen-bond acceptors (Lipinski definition) is 3. The van der Waals surface area contributed by atoms with Crippen LogP contribution in [-0.4, -0.2) is 23.0 Å². The Hall–Kier alpha value is -2.08. The molecule has 0 aliphatic carbocycles. The molecule has 1 atom stereocenters. The van der Waals surface area contributed by atoms with Crippen LogP contribution in [0.5, 0.6) is 0 Å². The van der Waals surface area contributed by atoms with Gasteiger partial charge in [0.15, 0.2) is 0 Å². The highest BCUT2D eigenvalue weighted by Gasteiger charge is 2.15. The normalized spacial score (nSPS) is 11.6. The second-order valence-electron chi connectivity index (χ2n) is 4.89. The van der Waals surface area contributed by atoms with Gasteiger partial charge in [-0.25, -0.2) is 4.79 Å². The van der Waals surface area contributed by atoms with E-state index in [4.69, 9.17) is 16.7 Å². The first-order valence-corrected chi connectivity index (χ1v) is 6.74. The molecule has 3 N–H and O–H groups in total. The van der Waals surface area contributed by atoms with Gasteiger partial charge in [-0.1, -0.05) is 24.6 Å². The van der Waals surface area contributed by atoms with E-state index < -0.39 is 17.9 Å². The summed E-state index contributed by atoms with van der Waals surface area (Å²) in [5.74, 6) is -1.87. The van der Waals surface area contributed by atoms with Crippen LogP contribution in [0.3, 0.4) is 0 Å². The minimum Gasteiger partial charge on any atom is -0.481 e. The number of benzene rings is 1. The molecule has 1 rings (SSSR count). The molecule has 0 saturated carbocycles. The lowest BCUT2D eigenvalue weighted by atomic mass is 10.0. The van der Waals surface area contributed by atoms with Crippen LogP contribution < -0.4 is 10.6 Å². The Balaban J connectivity index is 2.51. The topological polar surface area (TPSA) is 95.5 Å². The van der Waals surface area contributed by atoms with Crippen molar-refractivity contribution in [3.63, 3.8) is 0 Å². The summed E-state index contributed by atoms with van der Waals surface area (Å²) in [5.41, 5.74) is 1.32. The standard InChI is InChI=1S/C14H17ClN2O4/c1-8-3-4-10(15)11(5-8)16-14(21)17-12(18)6-9(2)7-13(19)20/h3-5,9H,6-7H2,1-2H3,(H,19,20)(H2,16,17,18,21). The van der Waals surface area contributed by atoms with E-state index in [1.807, 2.05) is 6.92 Å². The Morgan fingerprint density at radius 2 is 1.95 bits per heavy atom. The molecule has 7 heteroatoms. The van der Waals surface area contributed by atoms with Gasteiger partial charge in [0.2, 0.25) is 5.91 Å². The lowest BCUT2D eigenvalue weighted by Gasteiger charge is -2.11. The molecule has 0 spiro atoms. The first-order valence-electron chi connectivity index (χ1n) is 6.36. The number of imide groups is 1. The maximum atomic E-state index is 11.7. The number of aliphatic carboxylic acids is 1. The molecule has 3 amide bonds. The van der Waals surface area contributed by atoms with Crippen LogP contribution >= 0.6 is 11.6 Å². The summed E-state index contributed by atoms with van der Waals surface area (Å²) in [7, 11) is 0. The highest BCUT2D eigenvalue weighted by molar-refractivity contribution is 6.33. The van der Waals surface area contributed by atoms with Crippen LogP contribution in [0, 0.1) is 12.8 Å². The molecule has 1 aromatic rings. The summed E-state index contributed by atoms with van der Waals surface area (Å²) >= 11 is 5.93. The highest BCUT2D eigenvalue weighted by atomic mass is 35.5. The van der Waals surface area contributed by atoms with Crippen molar-refractivity contribution in [3.05, 3.63) is 28.8 Å². The van der Waals surface area contributed by atoms with E-state index in [0.717, 1.165) is 5.56 Å². The van der Waals surface area contributed by atoms with Gasteiger partial charge < -0.3 is 10.4 Å². The number of amides is 3. The van der Waals surface area contributed by atoms with E-state index in [2.05, 4.69) is 10.6 Å². The lowest BCUT2D eigenvalue weighted by molar-refractivity contribution is -0.138. The van der Waals surface area contributed by atoms with E-state index in [-0.39, 0.29) is 18.8 Å². The fourth-order valence-corrected chi connectivity index (χ4v) is 1.92. The summed E-state index contributed by atoms with van der Waals surface area (Å²) in [6.07, 6.45) is -0.167. The first kappa shape index (κ1) is 17.0. The Bertz CT molecular complexity index is 560. The SMILES string of the molecule is Cc1ccc(Cl)c(NC(=O)NC(=O)CC(C)CC(=O)O)c1. The maximum absolute atomic E-state index is 11.7. The molecule has 0 heterocycles. The number of urea groups is 1. The molecule has 0 aliphatic heterocycles. The molecular weight excluding hydrogens is 296 g/mol. The molecule has 0 saturated heterocycles. The molecule has 114 valence electrons. The predicted octanol–water partition coefficient (Wildman–Crippen LogP) is 2.80. The Morgan fingerprint density at radius 1 is 1.29 bits per heavy atom. The number of aryl methyl sites for hydroxylation is 1. The second kappa shape index (κ2) is 7.64. The van der Waals surface area contributed by atoms with Gasteiger partial charge in [0.25, 0.3) is 0 Å². The van der Waals surface area contributed by atoms with E-state index in [9.17, 15) is 14.4 Å². The first-order chi connectivity index (χ1) is 9.77. The van der Waals surface area contributed by atoms with Gasteiger partial charge in [-0.3, -0.25) is 14.9 Å². The average molecular weight is 313 g/mol. The lowest BCUT2D eigenvalue weighted by Crippen LogP contribution is -2.35. The minimum absolute atomic E-state index is 0.0404. The molecule has 21 heavy (non-hydrogen) atoms. The molecule has 6 nitrogen and oxygen atoms in total. The van der Waals surface area contributed by atoms with Crippen LogP contribution in [0.1, 0.15) is 25.3 Å². The van der Waals surface area contributed by atoms with E-state index in [1.165, 1.54) is 0 Å². The van der Waals surface area contributed by atoms with E-state index in [1.54, 1.807) is 25.1 Å². The number of rotatable bonds is 5. The number of carboxylic acid groups (broad SMARTS) is 1. The molecule has 1 aromatic carbocycles. The average Bonchev–Trinajstić information content (AvgIpc) is 2.32. The smallest absolute Gasteiger partial charge is 0.325 e. The number of carbonyl (C=O) groups is 3. The third-order valence-corrected chi connectivity index (χ3v) is 3.01. The van der Waals surface area contributed by atoms with Crippen molar-refractivity contribution >= 4 is 35.2 Å². The van der Waals surface area contributed by atoms with Crippen LogP contribution in [0.4, 0.5) is 10.5 Å². The monoisotopic (exact) mass is 312 g/mol. The van der Waals surface area contributed by atoms with Crippen LogP contribution in [-0.2, 0) is 9.59 Å². The van der Waals surface area contributed by atoms with E-state index >= 15 is 0 Å². The number of nitrogens with one attached hydrogen (secondary N) is 2. The molecule has 0 fully saturated rings. The van der Waals surface area contributed by atoms with Gasteiger partial charge in [-0.05, 0) is 30.5 Å². The van der Waals surface area contributed by atoms with Crippen molar-refractivity contribution < 1.29 is 19.5 Å². The molecule has 0 bridgehead atoms. The van der Waals surface area contributed by atoms with E-state index in [0.29, 0.717) is 10.7 Å². The van der Waals surface area contributed by atoms with Crippen molar-refractivity contribution in [1.82, 2.24) is 5.32 Å². The number of carboxylic acids is 1. The number of carbonyl (C=O) groups excluding carboxylic acids is 2. The Labute approximate surface area is 127 Å². The summed E-state index contributed by atoms with van der Waals surface area (Å²) < 4.78 is 0. The van der Waals surface area contributed by atoms with Gasteiger partial charge in [-0.15, -0.1) is 0 Å². The van der Waals surface area contributed by atoms with Crippen molar-refractivity contribution in [2.45, 2.75) is 26.7 Å². The fourth-order valence-electron chi connectivity index (χ4n) is 1.75. The van der Waals surface area contributed by atoms with Gasteiger partial charge in [0, 0.05) is 12.8 Å². The number of halogens is 1. The van der Waals surface area contributed by atoms with Gasteiger partial charge in [0.05, 0.1) is 10.7 Å². The van der Waals surface area contributed by atoms with Gasteiger partial charge >= 0.3 is 12.0 Å². The number of hydrogen-bond donors (Lipinski definition) is 3. The molecule has 0 radical (unpaired) electrons. The number of anilines is 1. The summed E-state index contributed by atoms with van der Waals surface area (Å²) in [4.78, 5) is 33.8. The quantitative estimate of drug-likeness (QED) is 0.779. The summed E-state index contributed by atoms with van der Waals surface area (Å²) in [5, 5.41) is 13.6. The molecular formula is C14H17ClN2O4. The Morgan fingerprint density at radius 3 is 2.57 bits per heavy atom. The zero-order valence-electron chi connectivity index (χ0n) is 11.8. The largest absolute Gasteiger partial charge is 0.481 e. The third kappa shape index (κ3) is 6.27. The van der Waals surface area contributed by atoms with Gasteiger partial charge in [-0.2, -0.15) is 0 Å². The predicted molar refractivity (Wildman–Crippen MR) is 79.4 cm³/mol. The summed E-state index contributed by atoms with van der Waals surface area (Å²) in [6.45, 7) is 3.47. The molecule has 0 aliphatic rings. The van der Waals surface area contributed by atoms with Crippen molar-refractivity contribution in [2.75, 3.05) is 5.32 Å². The van der Waals surface area contributed by atoms with Crippen molar-refractivity contribution in [1.29, 1.82) is 0 Å².